The van der Waals surface area contributed by atoms with Crippen molar-refractivity contribution in [1.82, 2.24) is 5.32 Å². The Balaban J connectivity index is 1.67. The molecule has 0 atom stereocenters. The number of halogens is 1. The Bertz CT molecular complexity index is 612. The van der Waals surface area contributed by atoms with E-state index in [1.54, 1.807) is 18.4 Å². The lowest BCUT2D eigenvalue weighted by Gasteiger charge is -2.21. The number of methoxy groups -OCH3 is 1. The van der Waals surface area contributed by atoms with Crippen molar-refractivity contribution in [3.05, 3.63) is 39.0 Å². The van der Waals surface area contributed by atoms with Crippen LogP contribution in [0.2, 0.25) is 4.34 Å². The number of rotatable bonds is 5. The highest BCUT2D eigenvalue weighted by molar-refractivity contribution is 7.16. The SMILES string of the molecule is COc1cc(CNCc2ccc(Cl)s2)cc2c1OCCO2. The predicted octanol–water partition coefficient (Wildman–Crippen LogP) is 3.47. The van der Waals surface area contributed by atoms with Crippen molar-refractivity contribution in [3.8, 4) is 17.2 Å². The summed E-state index contributed by atoms with van der Waals surface area (Å²) in [5, 5.41) is 3.39. The van der Waals surface area contributed by atoms with Gasteiger partial charge in [-0.1, -0.05) is 11.6 Å². The zero-order valence-corrected chi connectivity index (χ0v) is 13.2. The second kappa shape index (κ2) is 6.56. The number of ether oxygens (including phenoxy) is 3. The van der Waals surface area contributed by atoms with Gasteiger partial charge in [-0.05, 0) is 29.8 Å². The van der Waals surface area contributed by atoms with Crippen LogP contribution in [-0.2, 0) is 13.1 Å². The lowest BCUT2D eigenvalue weighted by Crippen LogP contribution is -2.17. The molecule has 6 heteroatoms. The van der Waals surface area contributed by atoms with Gasteiger partial charge >= 0.3 is 0 Å². The van der Waals surface area contributed by atoms with Crippen LogP contribution in [0.1, 0.15) is 10.4 Å². The van der Waals surface area contributed by atoms with Crippen LogP contribution in [0.25, 0.3) is 0 Å². The topological polar surface area (TPSA) is 39.7 Å². The first-order valence-corrected chi connectivity index (χ1v) is 7.87. The van der Waals surface area contributed by atoms with E-state index in [-0.39, 0.29) is 0 Å². The Labute approximate surface area is 132 Å². The third kappa shape index (κ3) is 3.43. The van der Waals surface area contributed by atoms with Gasteiger partial charge in [0, 0.05) is 18.0 Å². The summed E-state index contributed by atoms with van der Waals surface area (Å²) in [5.41, 5.74) is 1.10. The van der Waals surface area contributed by atoms with Crippen molar-refractivity contribution in [2.24, 2.45) is 0 Å². The molecule has 0 radical (unpaired) electrons. The molecular weight excluding hydrogens is 310 g/mol. The first-order valence-electron chi connectivity index (χ1n) is 6.67. The van der Waals surface area contributed by atoms with Gasteiger partial charge in [0.05, 0.1) is 11.4 Å². The Morgan fingerprint density at radius 1 is 1.24 bits per heavy atom. The molecule has 1 N–H and O–H groups in total. The normalized spacial score (nSPS) is 13.2. The van der Waals surface area contributed by atoms with Gasteiger partial charge in [-0.25, -0.2) is 0 Å². The monoisotopic (exact) mass is 325 g/mol. The van der Waals surface area contributed by atoms with Crippen molar-refractivity contribution < 1.29 is 14.2 Å². The summed E-state index contributed by atoms with van der Waals surface area (Å²) in [6.07, 6.45) is 0. The highest BCUT2D eigenvalue weighted by Crippen LogP contribution is 2.40. The highest BCUT2D eigenvalue weighted by atomic mass is 35.5. The van der Waals surface area contributed by atoms with Crippen molar-refractivity contribution in [1.29, 1.82) is 0 Å². The molecule has 1 aliphatic heterocycles. The van der Waals surface area contributed by atoms with E-state index in [0.29, 0.717) is 24.7 Å². The zero-order valence-electron chi connectivity index (χ0n) is 11.6. The largest absolute Gasteiger partial charge is 0.493 e. The number of fused-ring (bicyclic) bond motifs is 1. The molecule has 3 rings (SSSR count). The Morgan fingerprint density at radius 3 is 2.86 bits per heavy atom. The molecular formula is C15H16ClNO3S. The first-order chi connectivity index (χ1) is 10.3. The lowest BCUT2D eigenvalue weighted by atomic mass is 10.1. The highest BCUT2D eigenvalue weighted by Gasteiger charge is 2.18. The summed E-state index contributed by atoms with van der Waals surface area (Å²) in [7, 11) is 1.64. The molecule has 0 spiro atoms. The molecule has 1 aromatic heterocycles. The fourth-order valence-corrected chi connectivity index (χ4v) is 3.26. The van der Waals surface area contributed by atoms with Crippen LogP contribution >= 0.6 is 22.9 Å². The van der Waals surface area contributed by atoms with E-state index in [4.69, 9.17) is 25.8 Å². The number of nitrogens with one attached hydrogen (secondary N) is 1. The summed E-state index contributed by atoms with van der Waals surface area (Å²) in [6, 6.07) is 7.91. The molecule has 4 nitrogen and oxygen atoms in total. The summed E-state index contributed by atoms with van der Waals surface area (Å²) >= 11 is 7.51. The van der Waals surface area contributed by atoms with E-state index in [1.807, 2.05) is 24.3 Å². The molecule has 112 valence electrons. The number of benzene rings is 1. The predicted molar refractivity (Wildman–Crippen MR) is 83.9 cm³/mol. The van der Waals surface area contributed by atoms with Crippen LogP contribution in [0, 0.1) is 0 Å². The maximum absolute atomic E-state index is 5.92. The lowest BCUT2D eigenvalue weighted by molar-refractivity contribution is 0.165. The Morgan fingerprint density at radius 2 is 2.10 bits per heavy atom. The van der Waals surface area contributed by atoms with Crippen LogP contribution < -0.4 is 19.5 Å². The minimum Gasteiger partial charge on any atom is -0.493 e. The van der Waals surface area contributed by atoms with Crippen molar-refractivity contribution in [2.45, 2.75) is 13.1 Å². The molecule has 0 unspecified atom stereocenters. The molecule has 0 bridgehead atoms. The van der Waals surface area contributed by atoms with E-state index >= 15 is 0 Å². The van der Waals surface area contributed by atoms with Gasteiger partial charge in [0.25, 0.3) is 0 Å². The maximum atomic E-state index is 5.92. The number of hydrogen-bond donors (Lipinski definition) is 1. The standard InChI is InChI=1S/C15H16ClNO3S/c1-18-12-6-10(7-13-15(12)20-5-4-19-13)8-17-9-11-2-3-14(16)21-11/h2-3,6-7,17H,4-5,8-9H2,1H3. The molecule has 0 aliphatic carbocycles. The molecule has 1 aliphatic rings. The van der Waals surface area contributed by atoms with E-state index < -0.39 is 0 Å². The first kappa shape index (κ1) is 14.5. The van der Waals surface area contributed by atoms with Gasteiger partial charge in [-0.2, -0.15) is 0 Å². The average Bonchev–Trinajstić information content (AvgIpc) is 2.92. The molecule has 0 saturated carbocycles. The summed E-state index contributed by atoms with van der Waals surface area (Å²) in [6.45, 7) is 2.64. The Kier molecular flexibility index (Phi) is 4.53. The third-order valence-electron chi connectivity index (χ3n) is 3.14. The van der Waals surface area contributed by atoms with Gasteiger partial charge in [-0.15, -0.1) is 11.3 Å². The number of hydrogen-bond acceptors (Lipinski definition) is 5. The van der Waals surface area contributed by atoms with Crippen molar-refractivity contribution in [3.63, 3.8) is 0 Å². The zero-order chi connectivity index (χ0) is 14.7. The smallest absolute Gasteiger partial charge is 0.203 e. The maximum Gasteiger partial charge on any atom is 0.203 e. The van der Waals surface area contributed by atoms with Crippen LogP contribution in [0.15, 0.2) is 24.3 Å². The van der Waals surface area contributed by atoms with Crippen LogP contribution in [-0.4, -0.2) is 20.3 Å². The van der Waals surface area contributed by atoms with Crippen LogP contribution in [0.5, 0.6) is 17.2 Å². The van der Waals surface area contributed by atoms with E-state index in [9.17, 15) is 0 Å². The van der Waals surface area contributed by atoms with Gasteiger partial charge in [0.1, 0.15) is 13.2 Å². The molecule has 0 saturated heterocycles. The van der Waals surface area contributed by atoms with Gasteiger partial charge in [0.2, 0.25) is 5.75 Å². The van der Waals surface area contributed by atoms with E-state index in [1.165, 1.54) is 4.88 Å². The minimum absolute atomic E-state index is 0.556. The van der Waals surface area contributed by atoms with Crippen LogP contribution in [0.4, 0.5) is 0 Å². The van der Waals surface area contributed by atoms with Gasteiger partial charge in [-0.3, -0.25) is 0 Å². The van der Waals surface area contributed by atoms with E-state index in [0.717, 1.165) is 28.7 Å². The van der Waals surface area contributed by atoms with Crippen molar-refractivity contribution in [2.75, 3.05) is 20.3 Å². The van der Waals surface area contributed by atoms with Crippen molar-refractivity contribution >= 4 is 22.9 Å². The molecule has 1 aromatic carbocycles. The second-order valence-corrected chi connectivity index (χ2v) is 6.43. The Hall–Kier alpha value is -1.43. The molecule has 2 aromatic rings. The summed E-state index contributed by atoms with van der Waals surface area (Å²) in [4.78, 5) is 1.21. The third-order valence-corrected chi connectivity index (χ3v) is 4.38. The average molecular weight is 326 g/mol. The number of thiophene rings is 1. The second-order valence-electron chi connectivity index (χ2n) is 4.63. The molecule has 21 heavy (non-hydrogen) atoms. The molecule has 0 fully saturated rings. The minimum atomic E-state index is 0.556. The fraction of sp³-hybridized carbons (Fsp3) is 0.333. The van der Waals surface area contributed by atoms with Gasteiger partial charge in [0.15, 0.2) is 11.5 Å². The van der Waals surface area contributed by atoms with Gasteiger partial charge < -0.3 is 19.5 Å². The summed E-state index contributed by atoms with van der Waals surface area (Å²) in [5.74, 6) is 2.15. The van der Waals surface area contributed by atoms with E-state index in [2.05, 4.69) is 5.32 Å². The molecule has 2 heterocycles. The van der Waals surface area contributed by atoms with Crippen LogP contribution in [0.3, 0.4) is 0 Å². The molecule has 0 amide bonds. The fourth-order valence-electron chi connectivity index (χ4n) is 2.21. The summed E-state index contributed by atoms with van der Waals surface area (Å²) < 4.78 is 17.4. The quantitative estimate of drug-likeness (QED) is 0.913.